The van der Waals surface area contributed by atoms with E-state index in [0.717, 1.165) is 22.6 Å². The van der Waals surface area contributed by atoms with Gasteiger partial charge in [0.15, 0.2) is 5.76 Å². The Bertz CT molecular complexity index is 894. The van der Waals surface area contributed by atoms with Crippen molar-refractivity contribution in [2.75, 3.05) is 0 Å². The van der Waals surface area contributed by atoms with Crippen molar-refractivity contribution in [2.24, 2.45) is 0 Å². The van der Waals surface area contributed by atoms with Crippen LogP contribution in [-0.4, -0.2) is 5.16 Å². The largest absolute Gasteiger partial charge is 0.356 e. The number of nitrogens with zero attached hydrogens (tertiary/aromatic N) is 1. The predicted molar refractivity (Wildman–Crippen MR) is 92.8 cm³/mol. The highest BCUT2D eigenvalue weighted by atomic mass is 16.5. The van der Waals surface area contributed by atoms with E-state index in [1.165, 1.54) is 11.1 Å². The van der Waals surface area contributed by atoms with Gasteiger partial charge in [0, 0.05) is 17.2 Å². The molecular formula is C21H15NO. The standard InChI is InChI=1S/C21H15NO/c1-3-7-16(8-4-1)17-11-13-19(14-12-17)21-15-20(22-23-21)18-9-5-2-6-10-18/h1-15H. The molecule has 0 amide bonds. The van der Waals surface area contributed by atoms with Crippen molar-refractivity contribution in [1.29, 1.82) is 0 Å². The van der Waals surface area contributed by atoms with E-state index in [-0.39, 0.29) is 0 Å². The van der Waals surface area contributed by atoms with Gasteiger partial charge in [-0.15, -0.1) is 0 Å². The van der Waals surface area contributed by atoms with Crippen LogP contribution in [0.15, 0.2) is 95.5 Å². The molecule has 0 bridgehead atoms. The lowest BCUT2D eigenvalue weighted by molar-refractivity contribution is 0.435. The van der Waals surface area contributed by atoms with Crippen LogP contribution < -0.4 is 0 Å². The highest BCUT2D eigenvalue weighted by Gasteiger charge is 2.08. The van der Waals surface area contributed by atoms with Gasteiger partial charge in [-0.05, 0) is 11.1 Å². The summed E-state index contributed by atoms with van der Waals surface area (Å²) in [5, 5.41) is 4.17. The summed E-state index contributed by atoms with van der Waals surface area (Å²) in [6.07, 6.45) is 0. The molecule has 0 saturated heterocycles. The molecule has 0 atom stereocenters. The van der Waals surface area contributed by atoms with Crippen LogP contribution >= 0.6 is 0 Å². The Morgan fingerprint density at radius 1 is 0.522 bits per heavy atom. The zero-order chi connectivity index (χ0) is 15.5. The molecule has 3 aromatic carbocycles. The third kappa shape index (κ3) is 2.79. The molecule has 0 aliphatic rings. The monoisotopic (exact) mass is 297 g/mol. The van der Waals surface area contributed by atoms with Gasteiger partial charge in [-0.3, -0.25) is 0 Å². The van der Waals surface area contributed by atoms with Crippen molar-refractivity contribution in [3.8, 4) is 33.7 Å². The number of rotatable bonds is 3. The van der Waals surface area contributed by atoms with Gasteiger partial charge in [0.1, 0.15) is 5.69 Å². The van der Waals surface area contributed by atoms with E-state index in [0.29, 0.717) is 0 Å². The van der Waals surface area contributed by atoms with E-state index >= 15 is 0 Å². The number of hydrogen-bond donors (Lipinski definition) is 0. The van der Waals surface area contributed by atoms with Gasteiger partial charge >= 0.3 is 0 Å². The number of aromatic nitrogens is 1. The first-order chi connectivity index (χ1) is 11.4. The molecule has 0 unspecified atom stereocenters. The van der Waals surface area contributed by atoms with Crippen molar-refractivity contribution in [2.45, 2.75) is 0 Å². The minimum absolute atomic E-state index is 0.781. The summed E-state index contributed by atoms with van der Waals surface area (Å²) in [6, 6.07) is 30.7. The van der Waals surface area contributed by atoms with E-state index in [1.54, 1.807) is 0 Å². The number of hydrogen-bond acceptors (Lipinski definition) is 2. The quantitative estimate of drug-likeness (QED) is 0.486. The Kier molecular flexibility index (Phi) is 3.49. The summed E-state index contributed by atoms with van der Waals surface area (Å²) in [7, 11) is 0. The first kappa shape index (κ1) is 13.5. The van der Waals surface area contributed by atoms with Gasteiger partial charge < -0.3 is 4.52 Å². The maximum Gasteiger partial charge on any atom is 0.167 e. The van der Waals surface area contributed by atoms with Gasteiger partial charge in [-0.1, -0.05) is 90.1 Å². The highest BCUT2D eigenvalue weighted by molar-refractivity contribution is 5.70. The summed E-state index contributed by atoms with van der Waals surface area (Å²) in [5.41, 5.74) is 5.34. The lowest BCUT2D eigenvalue weighted by Gasteiger charge is -2.02. The molecule has 0 fully saturated rings. The molecule has 23 heavy (non-hydrogen) atoms. The Balaban J connectivity index is 1.63. The fourth-order valence-corrected chi connectivity index (χ4v) is 2.61. The molecule has 0 saturated carbocycles. The number of benzene rings is 3. The molecule has 1 aromatic heterocycles. The molecule has 0 aliphatic carbocycles. The molecule has 0 radical (unpaired) electrons. The summed E-state index contributed by atoms with van der Waals surface area (Å²) >= 11 is 0. The van der Waals surface area contributed by atoms with Crippen molar-refractivity contribution < 1.29 is 4.52 Å². The zero-order valence-corrected chi connectivity index (χ0v) is 12.5. The second kappa shape index (κ2) is 5.93. The van der Waals surface area contributed by atoms with Gasteiger partial charge in [0.25, 0.3) is 0 Å². The van der Waals surface area contributed by atoms with Crippen LogP contribution in [-0.2, 0) is 0 Å². The van der Waals surface area contributed by atoms with Gasteiger partial charge in [0.05, 0.1) is 0 Å². The Morgan fingerprint density at radius 2 is 1.04 bits per heavy atom. The van der Waals surface area contributed by atoms with E-state index in [1.807, 2.05) is 54.6 Å². The molecule has 2 nitrogen and oxygen atoms in total. The fourth-order valence-electron chi connectivity index (χ4n) is 2.61. The lowest BCUT2D eigenvalue weighted by atomic mass is 10.0. The minimum atomic E-state index is 0.781. The second-order valence-electron chi connectivity index (χ2n) is 5.39. The Morgan fingerprint density at radius 3 is 1.70 bits per heavy atom. The van der Waals surface area contributed by atoms with E-state index in [2.05, 4.69) is 41.6 Å². The highest BCUT2D eigenvalue weighted by Crippen LogP contribution is 2.28. The summed E-state index contributed by atoms with van der Waals surface area (Å²) in [4.78, 5) is 0. The normalized spacial score (nSPS) is 10.6. The average Bonchev–Trinajstić information content (AvgIpc) is 3.14. The topological polar surface area (TPSA) is 26.0 Å². The minimum Gasteiger partial charge on any atom is -0.356 e. The summed E-state index contributed by atoms with van der Waals surface area (Å²) in [6.45, 7) is 0. The summed E-state index contributed by atoms with van der Waals surface area (Å²) in [5.74, 6) is 0.781. The summed E-state index contributed by atoms with van der Waals surface area (Å²) < 4.78 is 5.50. The van der Waals surface area contributed by atoms with Crippen molar-refractivity contribution >= 4 is 0 Å². The van der Waals surface area contributed by atoms with E-state index < -0.39 is 0 Å². The van der Waals surface area contributed by atoms with E-state index in [9.17, 15) is 0 Å². The van der Waals surface area contributed by atoms with Crippen LogP contribution in [0.4, 0.5) is 0 Å². The smallest absolute Gasteiger partial charge is 0.167 e. The first-order valence-electron chi connectivity index (χ1n) is 7.58. The molecule has 4 aromatic rings. The molecule has 110 valence electrons. The Hall–Kier alpha value is -3.13. The first-order valence-corrected chi connectivity index (χ1v) is 7.58. The van der Waals surface area contributed by atoms with Crippen LogP contribution in [0.5, 0.6) is 0 Å². The zero-order valence-electron chi connectivity index (χ0n) is 12.5. The SMILES string of the molecule is c1ccc(-c2ccc(-c3cc(-c4ccccc4)no3)cc2)cc1. The third-order valence-corrected chi connectivity index (χ3v) is 3.86. The second-order valence-corrected chi connectivity index (χ2v) is 5.39. The fraction of sp³-hybridized carbons (Fsp3) is 0. The molecular weight excluding hydrogens is 282 g/mol. The van der Waals surface area contributed by atoms with Crippen LogP contribution in [0.25, 0.3) is 33.7 Å². The molecule has 0 spiro atoms. The third-order valence-electron chi connectivity index (χ3n) is 3.86. The van der Waals surface area contributed by atoms with Gasteiger partial charge in [-0.25, -0.2) is 0 Å². The van der Waals surface area contributed by atoms with Crippen LogP contribution in [0.1, 0.15) is 0 Å². The van der Waals surface area contributed by atoms with Crippen molar-refractivity contribution in [3.05, 3.63) is 91.0 Å². The van der Waals surface area contributed by atoms with Crippen LogP contribution in [0.2, 0.25) is 0 Å². The predicted octanol–water partition coefficient (Wildman–Crippen LogP) is 5.68. The Labute approximate surface area is 135 Å². The molecule has 0 N–H and O–H groups in total. The molecule has 4 rings (SSSR count). The van der Waals surface area contributed by atoms with Gasteiger partial charge in [-0.2, -0.15) is 0 Å². The van der Waals surface area contributed by atoms with E-state index in [4.69, 9.17) is 4.52 Å². The van der Waals surface area contributed by atoms with Crippen LogP contribution in [0.3, 0.4) is 0 Å². The average molecular weight is 297 g/mol. The molecule has 2 heteroatoms. The molecule has 1 heterocycles. The lowest BCUT2D eigenvalue weighted by Crippen LogP contribution is -1.78. The van der Waals surface area contributed by atoms with Crippen molar-refractivity contribution in [1.82, 2.24) is 5.16 Å². The maximum atomic E-state index is 5.50. The van der Waals surface area contributed by atoms with Crippen LogP contribution in [0, 0.1) is 0 Å². The maximum absolute atomic E-state index is 5.50. The van der Waals surface area contributed by atoms with Gasteiger partial charge in [0.2, 0.25) is 0 Å². The van der Waals surface area contributed by atoms with Crippen molar-refractivity contribution in [3.63, 3.8) is 0 Å². The molecule has 0 aliphatic heterocycles.